The van der Waals surface area contributed by atoms with Gasteiger partial charge < -0.3 is 0 Å². The van der Waals surface area contributed by atoms with Gasteiger partial charge in [-0.2, -0.15) is 0 Å². The molecule has 0 saturated carbocycles. The van der Waals surface area contributed by atoms with E-state index in [2.05, 4.69) is 308 Å². The number of hydrogen-bond donors (Lipinski definition) is 0. The van der Waals surface area contributed by atoms with E-state index >= 15 is 0 Å². The zero-order valence-electron chi connectivity index (χ0n) is 45.0. The van der Waals surface area contributed by atoms with Crippen LogP contribution in [0.1, 0.15) is 74.9 Å². The molecule has 0 nitrogen and oxygen atoms in total. The van der Waals surface area contributed by atoms with E-state index in [0.717, 1.165) is 24.6 Å². The Labute approximate surface area is 459 Å². The molecule has 0 fully saturated rings. The molecule has 0 bridgehead atoms. The summed E-state index contributed by atoms with van der Waals surface area (Å²) in [5, 5.41) is 11.3. The summed E-state index contributed by atoms with van der Waals surface area (Å²) >= 11 is 0. The first-order valence-corrected chi connectivity index (χ1v) is 32.9. The maximum Gasteiger partial charge on any atom is 0.00138 e. The monoisotopic (exact) mass is 1060 g/mol. The SMILES string of the molecule is CC(C)(C)c1cc(CP(c2ccccc2)c2ccccc2)c(-c2c(CP(c3ccccc3)c3ccccc3)cc(C(C)(C)C)cc2CP(c2ccccc2)c2ccccc2)c(CP(c2ccccc2)c2ccccc2)c1. The highest BCUT2D eigenvalue weighted by atomic mass is 31.1. The molecule has 0 unspecified atom stereocenters. The van der Waals surface area contributed by atoms with Crippen LogP contribution in [0, 0.1) is 0 Å². The lowest BCUT2D eigenvalue weighted by Gasteiger charge is -2.32. The smallest absolute Gasteiger partial charge is 0.00138 e. The fourth-order valence-corrected chi connectivity index (χ4v) is 19.7. The highest BCUT2D eigenvalue weighted by molar-refractivity contribution is 7.73. The molecule has 378 valence electrons. The van der Waals surface area contributed by atoms with Crippen molar-refractivity contribution in [3.05, 3.63) is 300 Å². The van der Waals surface area contributed by atoms with Crippen molar-refractivity contribution in [3.63, 3.8) is 0 Å². The second-order valence-electron chi connectivity index (χ2n) is 21.9. The van der Waals surface area contributed by atoms with Crippen molar-refractivity contribution >= 4 is 74.1 Å². The average molecular weight is 1060 g/mol. The van der Waals surface area contributed by atoms with E-state index in [1.54, 1.807) is 0 Å². The van der Waals surface area contributed by atoms with Crippen molar-refractivity contribution in [3.8, 4) is 11.1 Å². The number of benzene rings is 10. The lowest BCUT2D eigenvalue weighted by molar-refractivity contribution is 0.588. The van der Waals surface area contributed by atoms with Crippen LogP contribution in [0.25, 0.3) is 11.1 Å². The molecule has 0 aliphatic rings. The molecule has 0 atom stereocenters. The van der Waals surface area contributed by atoms with E-state index in [-0.39, 0.29) is 10.8 Å². The zero-order chi connectivity index (χ0) is 52.5. The highest BCUT2D eigenvalue weighted by Gasteiger charge is 2.31. The molecule has 76 heavy (non-hydrogen) atoms. The second-order valence-corrected chi connectivity index (χ2v) is 30.7. The quantitative estimate of drug-likeness (QED) is 0.0797. The van der Waals surface area contributed by atoms with E-state index in [1.807, 2.05) is 0 Å². The van der Waals surface area contributed by atoms with Gasteiger partial charge in [-0.1, -0.05) is 308 Å². The summed E-state index contributed by atoms with van der Waals surface area (Å²) in [4.78, 5) is 0. The van der Waals surface area contributed by atoms with Crippen LogP contribution in [0.4, 0.5) is 0 Å². The van der Waals surface area contributed by atoms with Crippen molar-refractivity contribution in [2.75, 3.05) is 0 Å². The summed E-state index contributed by atoms with van der Waals surface area (Å²) in [5.41, 5.74) is 11.3. The van der Waals surface area contributed by atoms with Crippen LogP contribution in [-0.4, -0.2) is 0 Å². The Bertz CT molecular complexity index is 2810. The topological polar surface area (TPSA) is 0 Å². The van der Waals surface area contributed by atoms with Crippen molar-refractivity contribution in [2.24, 2.45) is 0 Å². The summed E-state index contributed by atoms with van der Waals surface area (Å²) in [7, 11) is -3.24. The van der Waals surface area contributed by atoms with Crippen LogP contribution >= 0.6 is 31.7 Å². The molecule has 10 aromatic rings. The summed E-state index contributed by atoms with van der Waals surface area (Å²) in [6.45, 7) is 14.5. The molecule has 0 saturated heterocycles. The largest absolute Gasteiger partial charge is 0.0622 e. The predicted octanol–water partition coefficient (Wildman–Crippen LogP) is 16.5. The third kappa shape index (κ3) is 12.8. The predicted molar refractivity (Wildman–Crippen MR) is 340 cm³/mol. The van der Waals surface area contributed by atoms with E-state index in [0.29, 0.717) is 0 Å². The fourth-order valence-electron chi connectivity index (χ4n) is 10.4. The zero-order valence-corrected chi connectivity index (χ0v) is 48.6. The molecule has 10 aromatic carbocycles. The minimum atomic E-state index is -0.811. The Balaban J connectivity index is 1.34. The Hall–Kier alpha value is -6.08. The van der Waals surface area contributed by atoms with Gasteiger partial charge in [0.15, 0.2) is 0 Å². The molecule has 0 radical (unpaired) electrons. The van der Waals surface area contributed by atoms with Gasteiger partial charge in [-0.25, -0.2) is 0 Å². The van der Waals surface area contributed by atoms with E-state index in [9.17, 15) is 0 Å². The molecular formula is C72H70P4. The fraction of sp³-hybridized carbons (Fsp3) is 0.167. The van der Waals surface area contributed by atoms with Crippen molar-refractivity contribution in [1.82, 2.24) is 0 Å². The number of hydrogen-bond acceptors (Lipinski definition) is 0. The van der Waals surface area contributed by atoms with Crippen LogP contribution < -0.4 is 42.4 Å². The van der Waals surface area contributed by atoms with Crippen LogP contribution in [0.3, 0.4) is 0 Å². The lowest BCUT2D eigenvalue weighted by Crippen LogP contribution is -2.20. The van der Waals surface area contributed by atoms with Crippen LogP contribution in [0.15, 0.2) is 267 Å². The summed E-state index contributed by atoms with van der Waals surface area (Å²) in [6, 6.07) is 102. The molecule has 10 rings (SSSR count). The van der Waals surface area contributed by atoms with Gasteiger partial charge in [0.2, 0.25) is 0 Å². The molecule has 4 heteroatoms. The van der Waals surface area contributed by atoms with Gasteiger partial charge >= 0.3 is 0 Å². The minimum Gasteiger partial charge on any atom is -0.0622 e. The highest BCUT2D eigenvalue weighted by Crippen LogP contribution is 2.52. The van der Waals surface area contributed by atoms with Gasteiger partial charge in [-0.3, -0.25) is 0 Å². The third-order valence-electron chi connectivity index (χ3n) is 14.4. The lowest BCUT2D eigenvalue weighted by atomic mass is 9.79. The van der Waals surface area contributed by atoms with Crippen molar-refractivity contribution in [1.29, 1.82) is 0 Å². The normalized spacial score (nSPS) is 12.0. The van der Waals surface area contributed by atoms with Crippen molar-refractivity contribution < 1.29 is 0 Å². The van der Waals surface area contributed by atoms with E-state index in [1.165, 1.54) is 86.9 Å². The molecular weight excluding hydrogens is 989 g/mol. The molecule has 0 spiro atoms. The van der Waals surface area contributed by atoms with Gasteiger partial charge in [0, 0.05) is 24.6 Å². The van der Waals surface area contributed by atoms with Gasteiger partial charge in [-0.15, -0.1) is 0 Å². The average Bonchev–Trinajstić information content (AvgIpc) is 3.49. The van der Waals surface area contributed by atoms with E-state index < -0.39 is 31.7 Å². The Morgan fingerprint density at radius 1 is 0.224 bits per heavy atom. The number of rotatable bonds is 17. The van der Waals surface area contributed by atoms with Gasteiger partial charge in [0.25, 0.3) is 0 Å². The Morgan fingerprint density at radius 2 is 0.368 bits per heavy atom. The van der Waals surface area contributed by atoms with Crippen LogP contribution in [-0.2, 0) is 35.5 Å². The second kappa shape index (κ2) is 24.5. The molecule has 0 aliphatic carbocycles. The van der Waals surface area contributed by atoms with Gasteiger partial charge in [0.05, 0.1) is 0 Å². The first-order valence-electron chi connectivity index (χ1n) is 26.8. The maximum absolute atomic E-state index is 2.66. The molecule has 0 aliphatic heterocycles. The summed E-state index contributed by atoms with van der Waals surface area (Å²) in [5.74, 6) is 0. The molecule has 0 amide bonds. The standard InChI is InChI=1S/C72H70P4/c1-71(2,3)59-47-55(51-73(61-31-15-7-16-32-61)62-33-17-8-18-34-62)69(56(48-59)52-74(63-35-19-9-20-36-63)64-37-21-10-22-38-64)70-57(53-75(65-39-23-11-24-40-65)66-41-25-12-26-42-66)49-60(72(4,5)6)50-58(70)54-76(67-43-27-13-28-44-67)68-45-29-14-30-46-68/h7-50H,51-54H2,1-6H3. The Kier molecular flexibility index (Phi) is 17.2. The van der Waals surface area contributed by atoms with E-state index in [4.69, 9.17) is 0 Å². The minimum absolute atomic E-state index is 0.0990. The summed E-state index contributed by atoms with van der Waals surface area (Å²) < 4.78 is 0. The molecule has 0 N–H and O–H groups in total. The first kappa shape index (κ1) is 53.3. The Morgan fingerprint density at radius 3 is 0.500 bits per heavy atom. The molecule has 0 heterocycles. The van der Waals surface area contributed by atoms with Crippen molar-refractivity contribution in [2.45, 2.75) is 77.0 Å². The third-order valence-corrected chi connectivity index (χ3v) is 24.4. The molecule has 0 aromatic heterocycles. The van der Waals surface area contributed by atoms with Crippen LogP contribution in [0.2, 0.25) is 0 Å². The first-order chi connectivity index (χ1) is 37.0. The van der Waals surface area contributed by atoms with Gasteiger partial charge in [0.1, 0.15) is 0 Å². The maximum atomic E-state index is 2.66. The van der Waals surface area contributed by atoms with Gasteiger partial charge in [-0.05, 0) is 129 Å². The summed E-state index contributed by atoms with van der Waals surface area (Å²) in [6.07, 6.45) is 3.68. The van der Waals surface area contributed by atoms with Crippen LogP contribution in [0.5, 0.6) is 0 Å².